The molecule has 0 saturated heterocycles. The van der Waals surface area contributed by atoms with E-state index in [2.05, 4.69) is 10.4 Å². The molecule has 30 heavy (non-hydrogen) atoms. The van der Waals surface area contributed by atoms with Gasteiger partial charge >= 0.3 is 0 Å². The number of sulfone groups is 1. The Labute approximate surface area is 172 Å². The first-order valence-corrected chi connectivity index (χ1v) is 11.0. The first kappa shape index (κ1) is 19.8. The van der Waals surface area contributed by atoms with Gasteiger partial charge in [-0.1, -0.05) is 18.2 Å². The molecule has 4 aromatic rings. The zero-order valence-corrected chi connectivity index (χ0v) is 16.9. The van der Waals surface area contributed by atoms with Crippen LogP contribution in [0.2, 0.25) is 0 Å². The minimum atomic E-state index is -3.26. The summed E-state index contributed by atoms with van der Waals surface area (Å²) in [5.41, 5.74) is 2.67. The molecule has 0 aliphatic heterocycles. The lowest BCUT2D eigenvalue weighted by Crippen LogP contribution is -2.23. The number of halogens is 1. The zero-order valence-electron chi connectivity index (χ0n) is 16.0. The second-order valence-corrected chi connectivity index (χ2v) is 8.89. The number of rotatable bonds is 5. The van der Waals surface area contributed by atoms with E-state index in [4.69, 9.17) is 0 Å². The van der Waals surface area contributed by atoms with E-state index in [9.17, 15) is 17.6 Å². The zero-order chi connectivity index (χ0) is 21.3. The van der Waals surface area contributed by atoms with Crippen LogP contribution in [0.15, 0.2) is 77.8 Å². The topological polar surface area (TPSA) is 81.1 Å². The fraction of sp³-hybridized carbons (Fsp3) is 0.0909. The van der Waals surface area contributed by atoms with Crippen molar-refractivity contribution in [3.63, 3.8) is 0 Å². The molecule has 0 fully saturated rings. The minimum Gasteiger partial charge on any atom is -0.348 e. The second kappa shape index (κ2) is 7.72. The molecule has 6 nitrogen and oxygen atoms in total. The van der Waals surface area contributed by atoms with Crippen LogP contribution in [0.3, 0.4) is 0 Å². The molecule has 4 rings (SSSR count). The van der Waals surface area contributed by atoms with Crippen LogP contribution < -0.4 is 5.32 Å². The van der Waals surface area contributed by atoms with E-state index in [-0.39, 0.29) is 23.2 Å². The van der Waals surface area contributed by atoms with Crippen LogP contribution in [0.1, 0.15) is 15.9 Å². The van der Waals surface area contributed by atoms with Crippen LogP contribution in [-0.2, 0) is 16.4 Å². The molecule has 8 heteroatoms. The highest BCUT2D eigenvalue weighted by molar-refractivity contribution is 7.90. The predicted molar refractivity (Wildman–Crippen MR) is 112 cm³/mol. The molecule has 0 radical (unpaired) electrons. The van der Waals surface area contributed by atoms with Gasteiger partial charge in [0.25, 0.3) is 5.91 Å². The standard InChI is InChI=1S/C22H18FN3O3S/c1-30(28,29)18-11-5-15(6-12-18)13-24-22(27)19-3-2-4-21-20(19)14-25-26(21)17-9-7-16(23)8-10-17/h2-12,14H,13H2,1H3,(H,24,27). The van der Waals surface area contributed by atoms with Crippen LogP contribution >= 0.6 is 0 Å². The molecule has 0 unspecified atom stereocenters. The molecule has 0 bridgehead atoms. The summed E-state index contributed by atoms with van der Waals surface area (Å²) >= 11 is 0. The van der Waals surface area contributed by atoms with Crippen molar-refractivity contribution in [2.75, 3.05) is 6.26 Å². The molecule has 0 atom stereocenters. The molecule has 0 aliphatic carbocycles. The fourth-order valence-electron chi connectivity index (χ4n) is 3.17. The normalized spacial score (nSPS) is 11.5. The number of benzene rings is 3. The van der Waals surface area contributed by atoms with Crippen molar-refractivity contribution in [3.05, 3.63) is 89.9 Å². The van der Waals surface area contributed by atoms with Crippen molar-refractivity contribution in [2.24, 2.45) is 0 Å². The Morgan fingerprint density at radius 1 is 1.03 bits per heavy atom. The third-order valence-corrected chi connectivity index (χ3v) is 5.86. The van der Waals surface area contributed by atoms with E-state index < -0.39 is 9.84 Å². The van der Waals surface area contributed by atoms with Crippen molar-refractivity contribution >= 4 is 26.6 Å². The summed E-state index contributed by atoms with van der Waals surface area (Å²) in [6.07, 6.45) is 2.76. The first-order valence-electron chi connectivity index (χ1n) is 9.13. The summed E-state index contributed by atoms with van der Waals surface area (Å²) in [4.78, 5) is 13.0. The van der Waals surface area contributed by atoms with Crippen LogP contribution in [0, 0.1) is 5.82 Å². The molecule has 152 valence electrons. The fourth-order valence-corrected chi connectivity index (χ4v) is 3.80. The summed E-state index contributed by atoms with van der Waals surface area (Å²) in [6, 6.07) is 17.6. The van der Waals surface area contributed by atoms with Gasteiger partial charge in [0.2, 0.25) is 0 Å². The molecular weight excluding hydrogens is 405 g/mol. The molecule has 0 saturated carbocycles. The smallest absolute Gasteiger partial charge is 0.252 e. The van der Waals surface area contributed by atoms with Crippen molar-refractivity contribution in [1.29, 1.82) is 0 Å². The van der Waals surface area contributed by atoms with E-state index in [0.717, 1.165) is 17.3 Å². The number of carbonyl (C=O) groups is 1. The van der Waals surface area contributed by atoms with Gasteiger partial charge < -0.3 is 5.32 Å². The van der Waals surface area contributed by atoms with Gasteiger partial charge in [-0.05, 0) is 54.1 Å². The number of fused-ring (bicyclic) bond motifs is 1. The molecular formula is C22H18FN3O3S. The van der Waals surface area contributed by atoms with E-state index >= 15 is 0 Å². The minimum absolute atomic E-state index is 0.232. The highest BCUT2D eigenvalue weighted by Crippen LogP contribution is 2.22. The summed E-state index contributed by atoms with van der Waals surface area (Å²) in [6.45, 7) is 0.255. The Bertz CT molecular complexity index is 1330. The summed E-state index contributed by atoms with van der Waals surface area (Å²) in [5.74, 6) is -0.605. The highest BCUT2D eigenvalue weighted by atomic mass is 32.2. The Balaban J connectivity index is 1.56. The number of hydrogen-bond donors (Lipinski definition) is 1. The Kier molecular flexibility index (Phi) is 5.09. The van der Waals surface area contributed by atoms with Crippen LogP contribution in [0.4, 0.5) is 4.39 Å². The maximum atomic E-state index is 13.2. The third-order valence-electron chi connectivity index (χ3n) is 4.73. The molecule has 3 aromatic carbocycles. The van der Waals surface area contributed by atoms with Gasteiger partial charge in [-0.2, -0.15) is 5.10 Å². The third kappa shape index (κ3) is 3.95. The second-order valence-electron chi connectivity index (χ2n) is 6.87. The molecule has 1 N–H and O–H groups in total. The van der Waals surface area contributed by atoms with Gasteiger partial charge in [-0.3, -0.25) is 4.79 Å². The SMILES string of the molecule is CS(=O)(=O)c1ccc(CNC(=O)c2cccc3c2cnn3-c2ccc(F)cc2)cc1. The number of aromatic nitrogens is 2. The lowest BCUT2D eigenvalue weighted by Gasteiger charge is -2.08. The number of amides is 1. The van der Waals surface area contributed by atoms with Crippen molar-refractivity contribution in [3.8, 4) is 5.69 Å². The van der Waals surface area contributed by atoms with E-state index in [0.29, 0.717) is 16.6 Å². The highest BCUT2D eigenvalue weighted by Gasteiger charge is 2.14. The summed E-state index contributed by atoms with van der Waals surface area (Å²) in [7, 11) is -3.26. The first-order chi connectivity index (χ1) is 14.3. The molecule has 1 amide bonds. The Hall–Kier alpha value is -3.52. The quantitative estimate of drug-likeness (QED) is 0.533. The van der Waals surface area contributed by atoms with E-state index in [1.54, 1.807) is 47.3 Å². The molecule has 1 aromatic heterocycles. The lowest BCUT2D eigenvalue weighted by molar-refractivity contribution is 0.0952. The summed E-state index contributed by atoms with van der Waals surface area (Å²) in [5, 5.41) is 7.87. The molecule has 0 spiro atoms. The predicted octanol–water partition coefficient (Wildman–Crippen LogP) is 3.50. The molecule has 0 aliphatic rings. The van der Waals surface area contributed by atoms with Crippen LogP contribution in [0.5, 0.6) is 0 Å². The van der Waals surface area contributed by atoms with Gasteiger partial charge in [0.05, 0.1) is 27.9 Å². The maximum absolute atomic E-state index is 13.2. The van der Waals surface area contributed by atoms with Gasteiger partial charge in [-0.15, -0.1) is 0 Å². The van der Waals surface area contributed by atoms with E-state index in [1.807, 2.05) is 6.07 Å². The average Bonchev–Trinajstić information content (AvgIpc) is 3.16. The monoisotopic (exact) mass is 423 g/mol. The largest absolute Gasteiger partial charge is 0.348 e. The van der Waals surface area contributed by atoms with Gasteiger partial charge in [0.1, 0.15) is 5.82 Å². The van der Waals surface area contributed by atoms with Gasteiger partial charge in [-0.25, -0.2) is 17.5 Å². The lowest BCUT2D eigenvalue weighted by atomic mass is 10.1. The van der Waals surface area contributed by atoms with Crippen molar-refractivity contribution in [1.82, 2.24) is 15.1 Å². The number of nitrogens with zero attached hydrogens (tertiary/aromatic N) is 2. The number of carbonyl (C=O) groups excluding carboxylic acids is 1. The van der Waals surface area contributed by atoms with E-state index in [1.165, 1.54) is 24.3 Å². The average molecular weight is 423 g/mol. The van der Waals surface area contributed by atoms with Crippen LogP contribution in [0.25, 0.3) is 16.6 Å². The Morgan fingerprint density at radius 2 is 1.73 bits per heavy atom. The number of nitrogens with one attached hydrogen (secondary N) is 1. The van der Waals surface area contributed by atoms with Gasteiger partial charge in [0, 0.05) is 18.2 Å². The molecule has 1 heterocycles. The van der Waals surface area contributed by atoms with Gasteiger partial charge in [0.15, 0.2) is 9.84 Å². The van der Waals surface area contributed by atoms with Crippen molar-refractivity contribution in [2.45, 2.75) is 11.4 Å². The summed E-state index contributed by atoms with van der Waals surface area (Å²) < 4.78 is 37.9. The van der Waals surface area contributed by atoms with Crippen molar-refractivity contribution < 1.29 is 17.6 Å². The Morgan fingerprint density at radius 3 is 2.40 bits per heavy atom. The maximum Gasteiger partial charge on any atom is 0.252 e. The van der Waals surface area contributed by atoms with Crippen LogP contribution in [-0.4, -0.2) is 30.4 Å². The number of hydrogen-bond acceptors (Lipinski definition) is 4.